The van der Waals surface area contributed by atoms with Gasteiger partial charge in [0.1, 0.15) is 5.01 Å². The van der Waals surface area contributed by atoms with E-state index in [2.05, 4.69) is 27.4 Å². The number of benzene rings is 2. The molecule has 0 amide bonds. The molecule has 0 saturated heterocycles. The van der Waals surface area contributed by atoms with Gasteiger partial charge in [-0.1, -0.05) is 48.5 Å². The summed E-state index contributed by atoms with van der Waals surface area (Å²) in [4.78, 5) is 8.91. The smallest absolute Gasteiger partial charge is 0.193 e. The van der Waals surface area contributed by atoms with Crippen LogP contribution in [-0.4, -0.2) is 10.9 Å². The van der Waals surface area contributed by atoms with Crippen LogP contribution in [0.5, 0.6) is 0 Å². The first kappa shape index (κ1) is 14.3. The van der Waals surface area contributed by atoms with Gasteiger partial charge in [0.25, 0.3) is 0 Å². The molecular weight excluding hydrogens is 292 g/mol. The van der Waals surface area contributed by atoms with Gasteiger partial charge in [0, 0.05) is 16.6 Å². The van der Waals surface area contributed by atoms with Crippen molar-refractivity contribution in [1.29, 1.82) is 0 Å². The Morgan fingerprint density at radius 1 is 1.05 bits per heavy atom. The van der Waals surface area contributed by atoms with Crippen LogP contribution in [0.15, 0.2) is 71.0 Å². The predicted molar refractivity (Wildman–Crippen MR) is 92.9 cm³/mol. The quantitative estimate of drug-likeness (QED) is 0.570. The minimum Gasteiger partial charge on any atom is -0.370 e. The molecule has 0 radical (unpaired) electrons. The molecule has 0 aliphatic carbocycles. The van der Waals surface area contributed by atoms with Crippen LogP contribution in [0.4, 0.5) is 5.69 Å². The summed E-state index contributed by atoms with van der Waals surface area (Å²) in [7, 11) is 0. The number of nitrogens with two attached hydrogens (primary N) is 1. The van der Waals surface area contributed by atoms with E-state index >= 15 is 0 Å². The maximum Gasteiger partial charge on any atom is 0.193 e. The fourth-order valence-electron chi connectivity index (χ4n) is 1.97. The van der Waals surface area contributed by atoms with Crippen LogP contribution in [0.2, 0.25) is 0 Å². The summed E-state index contributed by atoms with van der Waals surface area (Å²) in [6.07, 6.45) is 0. The molecule has 0 saturated carbocycles. The first-order valence-corrected chi connectivity index (χ1v) is 7.81. The van der Waals surface area contributed by atoms with E-state index in [9.17, 15) is 0 Å². The van der Waals surface area contributed by atoms with Gasteiger partial charge >= 0.3 is 0 Å². The standard InChI is InChI=1S/C17H16N4S/c18-17(21-14-9-5-2-6-10-14)19-11-15-12-22-16(20-15)13-7-3-1-4-8-13/h1-10,12H,11H2,(H3,18,19,21). The van der Waals surface area contributed by atoms with Crippen molar-refractivity contribution in [2.24, 2.45) is 10.7 Å². The number of anilines is 1. The van der Waals surface area contributed by atoms with E-state index in [1.807, 2.05) is 53.9 Å². The summed E-state index contributed by atoms with van der Waals surface area (Å²) >= 11 is 1.62. The largest absolute Gasteiger partial charge is 0.370 e. The number of hydrogen-bond donors (Lipinski definition) is 2. The van der Waals surface area contributed by atoms with Crippen LogP contribution >= 0.6 is 11.3 Å². The molecule has 0 unspecified atom stereocenters. The van der Waals surface area contributed by atoms with Crippen molar-refractivity contribution in [3.63, 3.8) is 0 Å². The van der Waals surface area contributed by atoms with Crippen LogP contribution in [0.3, 0.4) is 0 Å². The minimum absolute atomic E-state index is 0.389. The second kappa shape index (κ2) is 6.87. The van der Waals surface area contributed by atoms with Crippen molar-refractivity contribution in [2.45, 2.75) is 6.54 Å². The van der Waals surface area contributed by atoms with Crippen LogP contribution < -0.4 is 11.1 Å². The predicted octanol–water partition coefficient (Wildman–Crippen LogP) is 3.74. The number of nitrogens with one attached hydrogen (secondary N) is 1. The van der Waals surface area contributed by atoms with Crippen LogP contribution in [0.25, 0.3) is 10.6 Å². The molecule has 3 rings (SSSR count). The SMILES string of the molecule is NC(=NCc1csc(-c2ccccc2)n1)Nc1ccccc1. The molecule has 0 fully saturated rings. The van der Waals surface area contributed by atoms with Gasteiger partial charge in [-0.05, 0) is 12.1 Å². The second-order valence-corrected chi connectivity index (χ2v) is 5.56. The van der Waals surface area contributed by atoms with Crippen molar-refractivity contribution < 1.29 is 0 Å². The zero-order valence-electron chi connectivity index (χ0n) is 11.9. The molecule has 0 atom stereocenters. The Hall–Kier alpha value is -2.66. The summed E-state index contributed by atoms with van der Waals surface area (Å²) in [6, 6.07) is 19.9. The highest BCUT2D eigenvalue weighted by atomic mass is 32.1. The molecule has 2 aromatic carbocycles. The van der Waals surface area contributed by atoms with Gasteiger partial charge < -0.3 is 11.1 Å². The fourth-order valence-corrected chi connectivity index (χ4v) is 2.79. The lowest BCUT2D eigenvalue weighted by Crippen LogP contribution is -2.22. The Kier molecular flexibility index (Phi) is 4.46. The van der Waals surface area contributed by atoms with E-state index in [-0.39, 0.29) is 0 Å². The highest BCUT2D eigenvalue weighted by molar-refractivity contribution is 7.13. The van der Waals surface area contributed by atoms with Crippen molar-refractivity contribution in [3.05, 3.63) is 71.7 Å². The van der Waals surface area contributed by atoms with E-state index in [0.29, 0.717) is 12.5 Å². The summed E-state index contributed by atoms with van der Waals surface area (Å²) < 4.78 is 0. The number of aliphatic imine (C=N–C) groups is 1. The maximum absolute atomic E-state index is 5.89. The Balaban J connectivity index is 1.64. The maximum atomic E-state index is 5.89. The van der Waals surface area contributed by atoms with Gasteiger partial charge in [-0.2, -0.15) is 0 Å². The van der Waals surface area contributed by atoms with Gasteiger partial charge in [-0.15, -0.1) is 11.3 Å². The summed E-state index contributed by atoms with van der Waals surface area (Å²) in [5.41, 5.74) is 8.85. The second-order valence-electron chi connectivity index (χ2n) is 4.70. The van der Waals surface area contributed by atoms with E-state index in [1.165, 1.54) is 0 Å². The molecule has 1 heterocycles. The number of nitrogens with zero attached hydrogens (tertiary/aromatic N) is 2. The molecule has 0 aliphatic heterocycles. The molecule has 3 aromatic rings. The van der Waals surface area contributed by atoms with Gasteiger partial charge in [0.05, 0.1) is 12.2 Å². The molecular formula is C17H16N4S. The van der Waals surface area contributed by atoms with Crippen molar-refractivity contribution in [1.82, 2.24) is 4.98 Å². The summed E-state index contributed by atoms with van der Waals surface area (Å²) in [5, 5.41) is 6.07. The van der Waals surface area contributed by atoms with E-state index in [0.717, 1.165) is 22.0 Å². The molecule has 0 bridgehead atoms. The fraction of sp³-hybridized carbons (Fsp3) is 0.0588. The molecule has 1 aromatic heterocycles. The van der Waals surface area contributed by atoms with Crippen LogP contribution in [0, 0.1) is 0 Å². The molecule has 4 nitrogen and oxygen atoms in total. The third-order valence-corrected chi connectivity index (χ3v) is 3.97. The molecule has 22 heavy (non-hydrogen) atoms. The van der Waals surface area contributed by atoms with Gasteiger partial charge in [0.2, 0.25) is 0 Å². The van der Waals surface area contributed by atoms with Crippen molar-refractivity contribution >= 4 is 23.0 Å². The van der Waals surface area contributed by atoms with Gasteiger partial charge in [0.15, 0.2) is 5.96 Å². The highest BCUT2D eigenvalue weighted by Gasteiger charge is 2.04. The average Bonchev–Trinajstić information content (AvgIpc) is 3.04. The normalized spacial score (nSPS) is 11.4. The minimum atomic E-state index is 0.389. The van der Waals surface area contributed by atoms with E-state index in [1.54, 1.807) is 11.3 Å². The number of rotatable bonds is 4. The van der Waals surface area contributed by atoms with Crippen LogP contribution in [0.1, 0.15) is 5.69 Å². The third-order valence-electron chi connectivity index (χ3n) is 3.03. The zero-order valence-corrected chi connectivity index (χ0v) is 12.8. The topological polar surface area (TPSA) is 63.3 Å². The lowest BCUT2D eigenvalue weighted by Gasteiger charge is -2.04. The number of para-hydroxylation sites is 1. The van der Waals surface area contributed by atoms with Crippen LogP contribution in [-0.2, 0) is 6.54 Å². The number of thiazole rings is 1. The number of aromatic nitrogens is 1. The summed E-state index contributed by atoms with van der Waals surface area (Å²) in [6.45, 7) is 0.467. The Morgan fingerprint density at radius 2 is 1.73 bits per heavy atom. The lowest BCUT2D eigenvalue weighted by atomic mass is 10.2. The van der Waals surface area contributed by atoms with Gasteiger partial charge in [-0.25, -0.2) is 9.98 Å². The monoisotopic (exact) mass is 308 g/mol. The molecule has 0 aliphatic rings. The van der Waals surface area contributed by atoms with Crippen molar-refractivity contribution in [3.8, 4) is 10.6 Å². The lowest BCUT2D eigenvalue weighted by molar-refractivity contribution is 1.01. The van der Waals surface area contributed by atoms with Gasteiger partial charge in [-0.3, -0.25) is 0 Å². The molecule has 110 valence electrons. The van der Waals surface area contributed by atoms with E-state index in [4.69, 9.17) is 5.73 Å². The Morgan fingerprint density at radius 3 is 2.45 bits per heavy atom. The molecule has 0 spiro atoms. The third kappa shape index (κ3) is 3.71. The number of guanidine groups is 1. The molecule has 3 N–H and O–H groups in total. The Labute approximate surface area is 133 Å². The van der Waals surface area contributed by atoms with Crippen molar-refractivity contribution in [2.75, 3.05) is 5.32 Å². The van der Waals surface area contributed by atoms with E-state index < -0.39 is 0 Å². The average molecular weight is 308 g/mol. The molecule has 5 heteroatoms. The highest BCUT2D eigenvalue weighted by Crippen LogP contribution is 2.23. The Bertz CT molecular complexity index is 751. The number of hydrogen-bond acceptors (Lipinski definition) is 3. The zero-order chi connectivity index (χ0) is 15.2. The summed E-state index contributed by atoms with van der Waals surface area (Å²) in [5.74, 6) is 0.389. The first-order chi connectivity index (χ1) is 10.8. The first-order valence-electron chi connectivity index (χ1n) is 6.93.